The lowest BCUT2D eigenvalue weighted by Gasteiger charge is -2.19. The Morgan fingerprint density at radius 2 is 2.11 bits per heavy atom. The second-order valence-electron chi connectivity index (χ2n) is 4.50. The standard InChI is InChI=1S/C13H16N2O4/c1-19-11-7-3-4-8(11)15-12(16)9-5-2-6-10(14-9)13(17)18/h2,5-6,8,11H,3-4,7H2,1H3,(H,15,16)(H,17,18). The number of nitrogens with zero attached hydrogens (tertiary/aromatic N) is 1. The fourth-order valence-electron chi connectivity index (χ4n) is 2.30. The van der Waals surface area contributed by atoms with Gasteiger partial charge in [0.25, 0.3) is 5.91 Å². The van der Waals surface area contributed by atoms with E-state index in [0.717, 1.165) is 19.3 Å². The lowest BCUT2D eigenvalue weighted by Crippen LogP contribution is -2.41. The lowest BCUT2D eigenvalue weighted by molar-refractivity contribution is 0.0689. The zero-order valence-corrected chi connectivity index (χ0v) is 10.6. The van der Waals surface area contributed by atoms with Gasteiger partial charge < -0.3 is 15.2 Å². The molecule has 1 aromatic heterocycles. The van der Waals surface area contributed by atoms with Crippen LogP contribution in [0.4, 0.5) is 0 Å². The van der Waals surface area contributed by atoms with Crippen LogP contribution in [-0.2, 0) is 4.74 Å². The number of ether oxygens (including phenoxy) is 1. The van der Waals surface area contributed by atoms with Gasteiger partial charge in [-0.2, -0.15) is 0 Å². The summed E-state index contributed by atoms with van der Waals surface area (Å²) in [7, 11) is 1.62. The molecule has 6 heteroatoms. The van der Waals surface area contributed by atoms with Crippen LogP contribution in [0.25, 0.3) is 0 Å². The molecule has 6 nitrogen and oxygen atoms in total. The predicted octanol–water partition coefficient (Wildman–Crippen LogP) is 1.08. The Morgan fingerprint density at radius 3 is 2.79 bits per heavy atom. The Kier molecular flexibility index (Phi) is 4.11. The number of carbonyl (C=O) groups is 2. The molecule has 2 atom stereocenters. The molecule has 0 aromatic carbocycles. The van der Waals surface area contributed by atoms with Gasteiger partial charge in [-0.15, -0.1) is 0 Å². The molecule has 19 heavy (non-hydrogen) atoms. The molecular formula is C13H16N2O4. The summed E-state index contributed by atoms with van der Waals surface area (Å²) < 4.78 is 5.29. The van der Waals surface area contributed by atoms with Gasteiger partial charge in [-0.05, 0) is 31.4 Å². The van der Waals surface area contributed by atoms with Gasteiger partial charge in [-0.1, -0.05) is 6.07 Å². The summed E-state index contributed by atoms with van der Waals surface area (Å²) in [5, 5.41) is 11.7. The Morgan fingerprint density at radius 1 is 1.37 bits per heavy atom. The highest BCUT2D eigenvalue weighted by molar-refractivity contribution is 5.94. The number of methoxy groups -OCH3 is 1. The minimum absolute atomic E-state index is 0.0200. The van der Waals surface area contributed by atoms with Gasteiger partial charge in [0.05, 0.1) is 12.1 Å². The molecule has 1 aromatic rings. The number of carbonyl (C=O) groups excluding carboxylic acids is 1. The maximum Gasteiger partial charge on any atom is 0.354 e. The van der Waals surface area contributed by atoms with Crippen LogP contribution in [0, 0.1) is 0 Å². The Balaban J connectivity index is 2.07. The summed E-state index contributed by atoms with van der Waals surface area (Å²) in [5.74, 6) is -1.51. The second kappa shape index (κ2) is 5.79. The first-order chi connectivity index (χ1) is 9.11. The first-order valence-corrected chi connectivity index (χ1v) is 6.16. The van der Waals surface area contributed by atoms with Crippen molar-refractivity contribution < 1.29 is 19.4 Å². The smallest absolute Gasteiger partial charge is 0.354 e. The van der Waals surface area contributed by atoms with E-state index in [0.29, 0.717) is 0 Å². The highest BCUT2D eigenvalue weighted by atomic mass is 16.5. The molecule has 1 aliphatic rings. The summed E-state index contributed by atoms with van der Waals surface area (Å²) in [6, 6.07) is 4.33. The van der Waals surface area contributed by atoms with Crippen LogP contribution < -0.4 is 5.32 Å². The third kappa shape index (κ3) is 3.08. The zero-order valence-electron chi connectivity index (χ0n) is 10.6. The van der Waals surface area contributed by atoms with Crippen molar-refractivity contribution in [1.82, 2.24) is 10.3 Å². The number of hydrogen-bond acceptors (Lipinski definition) is 4. The van der Waals surface area contributed by atoms with E-state index in [4.69, 9.17) is 9.84 Å². The molecule has 0 spiro atoms. The summed E-state index contributed by atoms with van der Waals surface area (Å²) in [6.45, 7) is 0. The molecule has 2 rings (SSSR count). The molecule has 0 aliphatic heterocycles. The van der Waals surface area contributed by atoms with Gasteiger partial charge in [0.1, 0.15) is 11.4 Å². The summed E-state index contributed by atoms with van der Waals surface area (Å²) >= 11 is 0. The third-order valence-electron chi connectivity index (χ3n) is 3.27. The molecule has 2 N–H and O–H groups in total. The van der Waals surface area contributed by atoms with Crippen molar-refractivity contribution in [1.29, 1.82) is 0 Å². The number of rotatable bonds is 4. The van der Waals surface area contributed by atoms with Crippen molar-refractivity contribution in [3.63, 3.8) is 0 Å². The van der Waals surface area contributed by atoms with E-state index >= 15 is 0 Å². The molecule has 1 aliphatic carbocycles. The SMILES string of the molecule is COC1CCCC1NC(=O)c1cccc(C(=O)O)n1. The maximum atomic E-state index is 12.0. The van der Waals surface area contributed by atoms with E-state index in [-0.39, 0.29) is 29.4 Å². The van der Waals surface area contributed by atoms with Gasteiger partial charge in [0.15, 0.2) is 0 Å². The zero-order chi connectivity index (χ0) is 13.8. The van der Waals surface area contributed by atoms with E-state index < -0.39 is 5.97 Å². The number of amides is 1. The van der Waals surface area contributed by atoms with E-state index in [1.54, 1.807) is 7.11 Å². The van der Waals surface area contributed by atoms with Gasteiger partial charge in [0.2, 0.25) is 0 Å². The van der Waals surface area contributed by atoms with E-state index in [1.807, 2.05) is 0 Å². The van der Waals surface area contributed by atoms with Crippen molar-refractivity contribution in [3.8, 4) is 0 Å². The van der Waals surface area contributed by atoms with Crippen molar-refractivity contribution in [2.24, 2.45) is 0 Å². The fraction of sp³-hybridized carbons (Fsp3) is 0.462. The monoisotopic (exact) mass is 264 g/mol. The Hall–Kier alpha value is -1.95. The minimum Gasteiger partial charge on any atom is -0.477 e. The van der Waals surface area contributed by atoms with Crippen LogP contribution in [0.3, 0.4) is 0 Å². The first kappa shape index (κ1) is 13.5. The van der Waals surface area contributed by atoms with E-state index in [1.165, 1.54) is 18.2 Å². The van der Waals surface area contributed by atoms with Crippen LogP contribution >= 0.6 is 0 Å². The van der Waals surface area contributed by atoms with Gasteiger partial charge in [0, 0.05) is 7.11 Å². The quantitative estimate of drug-likeness (QED) is 0.849. The fourth-order valence-corrected chi connectivity index (χ4v) is 2.30. The molecular weight excluding hydrogens is 248 g/mol. The number of aromatic carboxylic acids is 1. The van der Waals surface area contributed by atoms with Gasteiger partial charge in [-0.3, -0.25) is 4.79 Å². The minimum atomic E-state index is -1.15. The predicted molar refractivity (Wildman–Crippen MR) is 67.1 cm³/mol. The van der Waals surface area contributed by atoms with Crippen molar-refractivity contribution in [3.05, 3.63) is 29.6 Å². The Labute approximate surface area is 110 Å². The normalized spacial score (nSPS) is 22.2. The molecule has 0 bridgehead atoms. The summed E-state index contributed by atoms with van der Waals surface area (Å²) in [6.07, 6.45) is 2.81. The van der Waals surface area contributed by atoms with Crippen molar-refractivity contribution in [2.45, 2.75) is 31.4 Å². The molecule has 102 valence electrons. The van der Waals surface area contributed by atoms with E-state index in [9.17, 15) is 9.59 Å². The highest BCUT2D eigenvalue weighted by Gasteiger charge is 2.29. The average Bonchev–Trinajstić information content (AvgIpc) is 2.86. The molecule has 0 saturated heterocycles. The third-order valence-corrected chi connectivity index (χ3v) is 3.27. The van der Waals surface area contributed by atoms with Gasteiger partial charge in [-0.25, -0.2) is 9.78 Å². The maximum absolute atomic E-state index is 12.0. The van der Waals surface area contributed by atoms with Crippen LogP contribution in [0.1, 0.15) is 40.2 Å². The Bertz CT molecular complexity index is 489. The van der Waals surface area contributed by atoms with Crippen LogP contribution in [0.15, 0.2) is 18.2 Å². The number of aromatic nitrogens is 1. The lowest BCUT2D eigenvalue weighted by atomic mass is 10.2. The second-order valence-corrected chi connectivity index (χ2v) is 4.50. The summed E-state index contributed by atoms with van der Waals surface area (Å²) in [4.78, 5) is 26.6. The summed E-state index contributed by atoms with van der Waals surface area (Å²) in [5.41, 5.74) is -0.0241. The number of hydrogen-bond donors (Lipinski definition) is 2. The highest BCUT2D eigenvalue weighted by Crippen LogP contribution is 2.21. The molecule has 2 unspecified atom stereocenters. The first-order valence-electron chi connectivity index (χ1n) is 6.16. The number of carboxylic acids is 1. The molecule has 1 amide bonds. The average molecular weight is 264 g/mol. The van der Waals surface area contributed by atoms with E-state index in [2.05, 4.69) is 10.3 Å². The molecule has 1 saturated carbocycles. The van der Waals surface area contributed by atoms with Gasteiger partial charge >= 0.3 is 5.97 Å². The topological polar surface area (TPSA) is 88.5 Å². The largest absolute Gasteiger partial charge is 0.477 e. The van der Waals surface area contributed by atoms with Crippen LogP contribution in [0.2, 0.25) is 0 Å². The van der Waals surface area contributed by atoms with Crippen LogP contribution in [0.5, 0.6) is 0 Å². The number of carboxylic acid groups (broad SMARTS) is 1. The van der Waals surface area contributed by atoms with Crippen molar-refractivity contribution >= 4 is 11.9 Å². The molecule has 0 radical (unpaired) electrons. The molecule has 1 fully saturated rings. The number of nitrogens with one attached hydrogen (secondary N) is 1. The van der Waals surface area contributed by atoms with Crippen LogP contribution in [-0.4, -0.2) is 41.2 Å². The number of pyridine rings is 1. The van der Waals surface area contributed by atoms with Crippen molar-refractivity contribution in [2.75, 3.05) is 7.11 Å². The molecule has 1 heterocycles.